The molecule has 2 amide bonds. The number of benzene rings is 2. The Morgan fingerprint density at radius 2 is 1.73 bits per heavy atom. The number of aryl methyl sites for hydroxylation is 2. The first-order chi connectivity index (χ1) is 15.5. The molecule has 1 N–H and O–H groups in total. The summed E-state index contributed by atoms with van der Waals surface area (Å²) < 4.78 is 5.34. The molecule has 0 spiro atoms. The normalized spacial score (nSPS) is 12.2. The van der Waals surface area contributed by atoms with Crippen molar-refractivity contribution in [3.8, 4) is 5.75 Å². The second-order valence-corrected chi connectivity index (χ2v) is 10.5. The van der Waals surface area contributed by atoms with Crippen molar-refractivity contribution in [1.82, 2.24) is 10.2 Å². The van der Waals surface area contributed by atoms with Crippen LogP contribution in [0.25, 0.3) is 0 Å². The van der Waals surface area contributed by atoms with Gasteiger partial charge in [0.25, 0.3) is 0 Å². The van der Waals surface area contributed by atoms with Crippen molar-refractivity contribution in [3.05, 3.63) is 64.7 Å². The van der Waals surface area contributed by atoms with Crippen LogP contribution in [-0.4, -0.2) is 41.2 Å². The lowest BCUT2D eigenvalue weighted by Gasteiger charge is -2.33. The number of thioether (sulfide) groups is 1. The van der Waals surface area contributed by atoms with Crippen LogP contribution in [-0.2, 0) is 21.9 Å². The van der Waals surface area contributed by atoms with Gasteiger partial charge in [0.1, 0.15) is 11.8 Å². The maximum Gasteiger partial charge on any atom is 0.243 e. The number of carbonyl (C=O) groups is 2. The predicted molar refractivity (Wildman–Crippen MR) is 138 cm³/mol. The highest BCUT2D eigenvalue weighted by molar-refractivity contribution is 7.99. The molecule has 0 radical (unpaired) electrons. The van der Waals surface area contributed by atoms with E-state index in [-0.39, 0.29) is 17.4 Å². The average molecular weight is 471 g/mol. The monoisotopic (exact) mass is 470 g/mol. The second kappa shape index (κ2) is 12.1. The molecule has 5 nitrogen and oxygen atoms in total. The van der Waals surface area contributed by atoms with Crippen LogP contribution in [0.15, 0.2) is 42.5 Å². The molecule has 0 aliphatic heterocycles. The Balaban J connectivity index is 2.19. The highest BCUT2D eigenvalue weighted by Gasteiger charge is 2.30. The Labute approximate surface area is 203 Å². The summed E-state index contributed by atoms with van der Waals surface area (Å²) in [4.78, 5) is 28.2. The summed E-state index contributed by atoms with van der Waals surface area (Å²) in [5.41, 5.74) is 4.22. The molecular formula is C27H38N2O3S. The molecule has 0 bridgehead atoms. The number of hydrogen-bond acceptors (Lipinski definition) is 4. The Kier molecular flexibility index (Phi) is 9.84. The maximum atomic E-state index is 13.4. The molecule has 2 aromatic rings. The summed E-state index contributed by atoms with van der Waals surface area (Å²) in [6, 6.07) is 13.6. The lowest BCUT2D eigenvalue weighted by atomic mass is 10.1. The zero-order valence-corrected chi connectivity index (χ0v) is 21.8. The van der Waals surface area contributed by atoms with E-state index in [1.165, 1.54) is 16.7 Å². The molecule has 2 rings (SSSR count). The Bertz CT molecular complexity index is 932. The van der Waals surface area contributed by atoms with Gasteiger partial charge in [-0.05, 0) is 64.3 Å². The zero-order valence-electron chi connectivity index (χ0n) is 21.0. The van der Waals surface area contributed by atoms with Gasteiger partial charge in [-0.1, -0.05) is 48.4 Å². The topological polar surface area (TPSA) is 58.6 Å². The van der Waals surface area contributed by atoms with Crippen LogP contribution < -0.4 is 10.1 Å². The van der Waals surface area contributed by atoms with Gasteiger partial charge < -0.3 is 15.0 Å². The molecule has 0 saturated carbocycles. The molecule has 2 aromatic carbocycles. The fourth-order valence-electron chi connectivity index (χ4n) is 3.83. The fourth-order valence-corrected chi connectivity index (χ4v) is 4.68. The van der Waals surface area contributed by atoms with Gasteiger partial charge in [-0.3, -0.25) is 9.59 Å². The van der Waals surface area contributed by atoms with Gasteiger partial charge in [0.05, 0.1) is 12.9 Å². The summed E-state index contributed by atoms with van der Waals surface area (Å²) in [5, 5.41) is 3.04. The average Bonchev–Trinajstić information content (AvgIpc) is 2.71. The smallest absolute Gasteiger partial charge is 0.243 e. The second-order valence-electron chi connectivity index (χ2n) is 9.53. The summed E-state index contributed by atoms with van der Waals surface area (Å²) >= 11 is 1.58. The Morgan fingerprint density at radius 3 is 2.30 bits per heavy atom. The number of nitrogens with zero attached hydrogens (tertiary/aromatic N) is 1. The number of carbonyl (C=O) groups excluding carboxylic acids is 2. The quantitative estimate of drug-likeness (QED) is 0.514. The number of methoxy groups -OCH3 is 1. The first kappa shape index (κ1) is 26.8. The first-order valence-corrected chi connectivity index (χ1v) is 12.6. The van der Waals surface area contributed by atoms with E-state index in [1.807, 2.05) is 52.0 Å². The Morgan fingerprint density at radius 1 is 1.06 bits per heavy atom. The van der Waals surface area contributed by atoms with Crippen molar-refractivity contribution >= 4 is 23.6 Å². The van der Waals surface area contributed by atoms with Crippen LogP contribution in [0.3, 0.4) is 0 Å². The van der Waals surface area contributed by atoms with Gasteiger partial charge >= 0.3 is 0 Å². The third-order valence-electron chi connectivity index (χ3n) is 5.15. The van der Waals surface area contributed by atoms with Gasteiger partial charge in [-0.2, -0.15) is 0 Å². The lowest BCUT2D eigenvalue weighted by molar-refractivity contribution is -0.140. The maximum absolute atomic E-state index is 13.4. The molecule has 33 heavy (non-hydrogen) atoms. The number of amides is 2. The number of ether oxygens (including phenoxy) is 1. The number of rotatable bonds is 10. The summed E-state index contributed by atoms with van der Waals surface area (Å²) in [6.45, 7) is 12.3. The van der Waals surface area contributed by atoms with Crippen molar-refractivity contribution in [2.75, 3.05) is 12.9 Å². The predicted octanol–water partition coefficient (Wildman–Crippen LogP) is 5.27. The molecule has 0 saturated heterocycles. The van der Waals surface area contributed by atoms with Gasteiger partial charge in [-0.25, -0.2) is 0 Å². The molecule has 6 heteroatoms. The SMILES string of the molecule is CC[C@@H](C(=O)NC(C)(C)C)N(Cc1cccc(OC)c1)C(=O)CSCc1cc(C)cc(C)c1. The van der Waals surface area contributed by atoms with Gasteiger partial charge in [-0.15, -0.1) is 11.8 Å². The van der Waals surface area contributed by atoms with Crippen molar-refractivity contribution in [3.63, 3.8) is 0 Å². The van der Waals surface area contributed by atoms with Crippen molar-refractivity contribution in [2.45, 2.75) is 71.8 Å². The van der Waals surface area contributed by atoms with Crippen LogP contribution in [0, 0.1) is 13.8 Å². The van der Waals surface area contributed by atoms with Crippen LogP contribution in [0.1, 0.15) is 56.4 Å². The lowest BCUT2D eigenvalue weighted by Crippen LogP contribution is -2.53. The highest BCUT2D eigenvalue weighted by atomic mass is 32.2. The largest absolute Gasteiger partial charge is 0.497 e. The van der Waals surface area contributed by atoms with Crippen LogP contribution >= 0.6 is 11.8 Å². The van der Waals surface area contributed by atoms with E-state index in [9.17, 15) is 9.59 Å². The molecule has 0 unspecified atom stereocenters. The fraction of sp³-hybridized carbons (Fsp3) is 0.481. The van der Waals surface area contributed by atoms with E-state index < -0.39 is 6.04 Å². The molecule has 0 aliphatic carbocycles. The molecule has 0 fully saturated rings. The van der Waals surface area contributed by atoms with E-state index in [0.717, 1.165) is 17.1 Å². The first-order valence-electron chi connectivity index (χ1n) is 11.4. The van der Waals surface area contributed by atoms with Gasteiger partial charge in [0.2, 0.25) is 11.8 Å². The molecular weight excluding hydrogens is 432 g/mol. The number of hydrogen-bond donors (Lipinski definition) is 1. The molecule has 0 aliphatic rings. The third-order valence-corrected chi connectivity index (χ3v) is 6.14. The molecule has 0 aromatic heterocycles. The molecule has 180 valence electrons. The van der Waals surface area contributed by atoms with E-state index >= 15 is 0 Å². The summed E-state index contributed by atoms with van der Waals surface area (Å²) in [5.74, 6) is 1.64. The minimum Gasteiger partial charge on any atom is -0.497 e. The van der Waals surface area contributed by atoms with E-state index in [1.54, 1.807) is 23.8 Å². The standard InChI is InChI=1S/C27H38N2O3S/c1-8-24(26(31)28-27(4,5)6)29(16-21-10-9-11-23(15-21)32-7)25(30)18-33-17-22-13-19(2)12-20(3)14-22/h9-15,24H,8,16-18H2,1-7H3,(H,28,31)/t24-/m0/s1. The minimum atomic E-state index is -0.537. The summed E-state index contributed by atoms with van der Waals surface area (Å²) in [7, 11) is 1.62. The minimum absolute atomic E-state index is 0.0388. The van der Waals surface area contributed by atoms with E-state index in [0.29, 0.717) is 18.7 Å². The van der Waals surface area contributed by atoms with E-state index in [2.05, 4.69) is 37.4 Å². The van der Waals surface area contributed by atoms with E-state index in [4.69, 9.17) is 4.74 Å². The summed E-state index contributed by atoms with van der Waals surface area (Å²) in [6.07, 6.45) is 0.541. The van der Waals surface area contributed by atoms with Gasteiger partial charge in [0, 0.05) is 17.8 Å². The highest BCUT2D eigenvalue weighted by Crippen LogP contribution is 2.21. The van der Waals surface area contributed by atoms with Crippen molar-refractivity contribution < 1.29 is 14.3 Å². The number of nitrogens with one attached hydrogen (secondary N) is 1. The molecule has 1 atom stereocenters. The van der Waals surface area contributed by atoms with Crippen LogP contribution in [0.2, 0.25) is 0 Å². The van der Waals surface area contributed by atoms with Crippen molar-refractivity contribution in [1.29, 1.82) is 0 Å². The van der Waals surface area contributed by atoms with Gasteiger partial charge in [0.15, 0.2) is 0 Å². The zero-order chi connectivity index (χ0) is 24.6. The molecule has 0 heterocycles. The van der Waals surface area contributed by atoms with Crippen molar-refractivity contribution in [2.24, 2.45) is 0 Å². The van der Waals surface area contributed by atoms with Crippen LogP contribution in [0.5, 0.6) is 5.75 Å². The van der Waals surface area contributed by atoms with Crippen LogP contribution in [0.4, 0.5) is 0 Å². The third kappa shape index (κ3) is 8.77. The Hall–Kier alpha value is -2.47.